The Bertz CT molecular complexity index is 408. The fourth-order valence-corrected chi connectivity index (χ4v) is 4.91. The molecule has 0 aliphatic heterocycles. The number of sulfone groups is 1. The number of rotatable bonds is 8. The second kappa shape index (κ2) is 5.48. The lowest BCUT2D eigenvalue weighted by molar-refractivity contribution is -0.138. The Kier molecular flexibility index (Phi) is 4.71. The molecule has 1 N–H and O–H groups in total. The minimum absolute atomic E-state index is 0.0409. The molecule has 17 heavy (non-hydrogen) atoms. The fourth-order valence-electron chi connectivity index (χ4n) is 1.65. The Balaban J connectivity index is 2.38. The van der Waals surface area contributed by atoms with E-state index >= 15 is 0 Å². The van der Waals surface area contributed by atoms with E-state index in [1.54, 1.807) is 6.92 Å². The van der Waals surface area contributed by atoms with Gasteiger partial charge in [0.15, 0.2) is 9.84 Å². The number of hydrogen-bond donors (Lipinski definition) is 1. The smallest absolute Gasteiger partial charge is 0.303 e. The molecule has 0 saturated heterocycles. The van der Waals surface area contributed by atoms with E-state index in [1.807, 2.05) is 0 Å². The van der Waals surface area contributed by atoms with Gasteiger partial charge in [-0.2, -0.15) is 0 Å². The van der Waals surface area contributed by atoms with Crippen molar-refractivity contribution in [3.63, 3.8) is 0 Å². The van der Waals surface area contributed by atoms with E-state index in [4.69, 9.17) is 5.11 Å². The van der Waals surface area contributed by atoms with E-state index in [1.165, 1.54) is 0 Å². The third-order valence-corrected chi connectivity index (χ3v) is 6.57. The minimum Gasteiger partial charge on any atom is -0.481 e. The Hall–Kier alpha value is -0.430. The molecule has 0 spiro atoms. The van der Waals surface area contributed by atoms with Crippen molar-refractivity contribution in [3.05, 3.63) is 0 Å². The van der Waals surface area contributed by atoms with Gasteiger partial charge in [-0.05, 0) is 18.3 Å². The molecule has 1 unspecified atom stereocenters. The van der Waals surface area contributed by atoms with Crippen LogP contribution in [-0.4, -0.2) is 46.7 Å². The molecule has 1 fully saturated rings. The summed E-state index contributed by atoms with van der Waals surface area (Å²) >= 11 is 0. The van der Waals surface area contributed by atoms with Gasteiger partial charge in [0.2, 0.25) is 0 Å². The van der Waals surface area contributed by atoms with E-state index < -0.39 is 26.6 Å². The average molecular weight is 282 g/mol. The quantitative estimate of drug-likeness (QED) is 0.697. The molecule has 100 valence electrons. The van der Waals surface area contributed by atoms with Crippen molar-refractivity contribution in [1.29, 1.82) is 0 Å². The number of carboxylic acids is 1. The van der Waals surface area contributed by atoms with Crippen molar-refractivity contribution in [2.24, 2.45) is 5.41 Å². The zero-order valence-electron chi connectivity index (χ0n) is 9.85. The third-order valence-electron chi connectivity index (χ3n) is 3.01. The molecule has 0 aromatic carbocycles. The van der Waals surface area contributed by atoms with Crippen LogP contribution >= 0.6 is 0 Å². The largest absolute Gasteiger partial charge is 0.481 e. The highest BCUT2D eigenvalue weighted by Crippen LogP contribution is 2.49. The zero-order valence-corrected chi connectivity index (χ0v) is 11.5. The standard InChI is InChI=1S/C10H18O5S2/c1-2-17(14,15)6-5-16(13)8-10(3-4-10)7-9(11)12/h2-8H2,1H3,(H,11,12). The first-order valence-electron chi connectivity index (χ1n) is 5.56. The molecule has 0 radical (unpaired) electrons. The topological polar surface area (TPSA) is 88.5 Å². The predicted molar refractivity (Wildman–Crippen MR) is 66.1 cm³/mol. The van der Waals surface area contributed by atoms with E-state index in [0.717, 1.165) is 12.8 Å². The Labute approximate surface area is 104 Å². The lowest BCUT2D eigenvalue weighted by Gasteiger charge is -2.11. The molecule has 0 heterocycles. The highest BCUT2D eigenvalue weighted by molar-refractivity contribution is 7.93. The summed E-state index contributed by atoms with van der Waals surface area (Å²) in [7, 11) is -4.32. The summed E-state index contributed by atoms with van der Waals surface area (Å²) in [6, 6.07) is 0. The monoisotopic (exact) mass is 282 g/mol. The molecular weight excluding hydrogens is 264 g/mol. The van der Waals surface area contributed by atoms with Crippen LogP contribution in [0, 0.1) is 5.41 Å². The van der Waals surface area contributed by atoms with Gasteiger partial charge in [0.1, 0.15) is 0 Å². The average Bonchev–Trinajstić information content (AvgIpc) is 2.94. The molecule has 7 heteroatoms. The van der Waals surface area contributed by atoms with E-state index in [0.29, 0.717) is 5.75 Å². The third kappa shape index (κ3) is 5.16. The number of carbonyl (C=O) groups is 1. The first kappa shape index (κ1) is 14.6. The molecule has 1 saturated carbocycles. The van der Waals surface area contributed by atoms with Gasteiger partial charge in [0.05, 0.1) is 12.2 Å². The maximum Gasteiger partial charge on any atom is 0.303 e. The number of carboxylic acid groups (broad SMARTS) is 1. The van der Waals surface area contributed by atoms with Crippen molar-refractivity contribution < 1.29 is 22.5 Å². The molecular formula is C10H18O5S2. The summed E-state index contributed by atoms with van der Waals surface area (Å²) < 4.78 is 34.2. The maximum absolute atomic E-state index is 11.7. The summed E-state index contributed by atoms with van der Waals surface area (Å²) in [5, 5.41) is 8.70. The number of aliphatic carboxylic acids is 1. The van der Waals surface area contributed by atoms with Crippen LogP contribution in [0.25, 0.3) is 0 Å². The number of hydrogen-bond acceptors (Lipinski definition) is 4. The molecule has 0 aromatic heterocycles. The first-order chi connectivity index (χ1) is 7.79. The van der Waals surface area contributed by atoms with Crippen molar-refractivity contribution in [2.45, 2.75) is 26.2 Å². The Morgan fingerprint density at radius 3 is 2.41 bits per heavy atom. The Morgan fingerprint density at radius 2 is 2.00 bits per heavy atom. The van der Waals surface area contributed by atoms with Crippen LogP contribution in [0.3, 0.4) is 0 Å². The normalized spacial score (nSPS) is 19.8. The van der Waals surface area contributed by atoms with Crippen LogP contribution < -0.4 is 0 Å². The lowest BCUT2D eigenvalue weighted by Crippen LogP contribution is -2.22. The van der Waals surface area contributed by atoms with Crippen LogP contribution in [0.4, 0.5) is 0 Å². The molecule has 1 aliphatic rings. The van der Waals surface area contributed by atoms with Crippen LogP contribution in [-0.2, 0) is 25.4 Å². The summed E-state index contributed by atoms with van der Waals surface area (Å²) in [4.78, 5) is 10.6. The van der Waals surface area contributed by atoms with Gasteiger partial charge in [-0.15, -0.1) is 0 Å². The Morgan fingerprint density at radius 1 is 1.41 bits per heavy atom. The zero-order chi connectivity index (χ0) is 13.1. The van der Waals surface area contributed by atoms with Gasteiger partial charge < -0.3 is 5.11 Å². The highest BCUT2D eigenvalue weighted by Gasteiger charge is 2.45. The molecule has 0 amide bonds. The summed E-state index contributed by atoms with van der Waals surface area (Å²) in [6.45, 7) is 1.56. The molecule has 1 rings (SSSR count). The van der Waals surface area contributed by atoms with Crippen LogP contribution in [0.1, 0.15) is 26.2 Å². The van der Waals surface area contributed by atoms with Crippen molar-refractivity contribution in [3.8, 4) is 0 Å². The molecule has 1 aliphatic carbocycles. The predicted octanol–water partition coefficient (Wildman–Crippen LogP) is 0.425. The highest BCUT2D eigenvalue weighted by atomic mass is 32.2. The van der Waals surface area contributed by atoms with E-state index in [9.17, 15) is 17.4 Å². The molecule has 0 aromatic rings. The van der Waals surface area contributed by atoms with Crippen LogP contribution in [0.5, 0.6) is 0 Å². The van der Waals surface area contributed by atoms with Gasteiger partial charge in [-0.25, -0.2) is 8.42 Å². The second-order valence-electron chi connectivity index (χ2n) is 4.60. The van der Waals surface area contributed by atoms with Crippen molar-refractivity contribution in [2.75, 3.05) is 23.0 Å². The SMILES string of the molecule is CCS(=O)(=O)CCS(=O)CC1(CC(=O)O)CC1. The minimum atomic E-state index is -3.08. The van der Waals surface area contributed by atoms with Gasteiger partial charge >= 0.3 is 5.97 Å². The summed E-state index contributed by atoms with van der Waals surface area (Å²) in [6.07, 6.45) is 1.61. The lowest BCUT2D eigenvalue weighted by atomic mass is 10.1. The van der Waals surface area contributed by atoms with E-state index in [2.05, 4.69) is 0 Å². The maximum atomic E-state index is 11.7. The van der Waals surface area contributed by atoms with Gasteiger partial charge in [0.25, 0.3) is 0 Å². The van der Waals surface area contributed by atoms with Crippen molar-refractivity contribution in [1.82, 2.24) is 0 Å². The summed E-state index contributed by atoms with van der Waals surface area (Å²) in [5.74, 6) is -0.444. The van der Waals surface area contributed by atoms with Gasteiger partial charge in [0, 0.05) is 28.1 Å². The van der Waals surface area contributed by atoms with Crippen molar-refractivity contribution >= 4 is 26.6 Å². The molecule has 0 bridgehead atoms. The van der Waals surface area contributed by atoms with E-state index in [-0.39, 0.29) is 29.1 Å². The van der Waals surface area contributed by atoms with Crippen LogP contribution in [0.15, 0.2) is 0 Å². The van der Waals surface area contributed by atoms with Gasteiger partial charge in [-0.1, -0.05) is 6.92 Å². The van der Waals surface area contributed by atoms with Gasteiger partial charge in [-0.3, -0.25) is 9.00 Å². The summed E-state index contributed by atoms with van der Waals surface area (Å²) in [5.41, 5.74) is -0.327. The molecule has 5 nitrogen and oxygen atoms in total. The van der Waals surface area contributed by atoms with Crippen LogP contribution in [0.2, 0.25) is 0 Å². The molecule has 1 atom stereocenters. The second-order valence-corrected chi connectivity index (χ2v) is 8.64. The first-order valence-corrected chi connectivity index (χ1v) is 8.87. The fraction of sp³-hybridized carbons (Fsp3) is 0.900.